The van der Waals surface area contributed by atoms with Gasteiger partial charge in [0.1, 0.15) is 17.4 Å². The van der Waals surface area contributed by atoms with Crippen LogP contribution in [0.3, 0.4) is 0 Å². The number of aromatic hydroxyl groups is 1. The summed E-state index contributed by atoms with van der Waals surface area (Å²) in [6, 6.07) is 8.03. The van der Waals surface area contributed by atoms with E-state index in [0.717, 1.165) is 12.8 Å². The molecule has 0 aromatic heterocycles. The lowest BCUT2D eigenvalue weighted by molar-refractivity contribution is -0.138. The highest BCUT2D eigenvalue weighted by molar-refractivity contribution is 5.97. The Bertz CT molecular complexity index is 469. The summed E-state index contributed by atoms with van der Waals surface area (Å²) in [4.78, 5) is 11.6. The van der Waals surface area contributed by atoms with E-state index in [-0.39, 0.29) is 11.3 Å². The highest BCUT2D eigenvalue weighted by atomic mass is 16.5. The molecule has 18 heavy (non-hydrogen) atoms. The zero-order chi connectivity index (χ0) is 13.4. The second kappa shape index (κ2) is 7.13. The first-order valence-electron chi connectivity index (χ1n) is 5.75. The molecule has 0 saturated carbocycles. The van der Waals surface area contributed by atoms with Crippen LogP contribution < -0.4 is 0 Å². The van der Waals surface area contributed by atoms with Crippen LogP contribution in [-0.4, -0.2) is 17.7 Å². The number of hydrogen-bond donors (Lipinski definition) is 1. The number of nitriles is 1. The van der Waals surface area contributed by atoms with Crippen LogP contribution in [-0.2, 0) is 9.53 Å². The van der Waals surface area contributed by atoms with Gasteiger partial charge in [0.05, 0.1) is 6.61 Å². The number of benzene rings is 1. The molecule has 0 saturated heterocycles. The lowest BCUT2D eigenvalue weighted by Crippen LogP contribution is -2.07. The predicted octanol–water partition coefficient (Wildman–Crippen LogP) is 2.64. The number of esters is 1. The molecule has 0 spiro atoms. The first-order valence-corrected chi connectivity index (χ1v) is 5.75. The van der Waals surface area contributed by atoms with Gasteiger partial charge in [-0.2, -0.15) is 5.26 Å². The fraction of sp³-hybridized carbons (Fsp3) is 0.286. The maximum Gasteiger partial charge on any atom is 0.348 e. The van der Waals surface area contributed by atoms with Gasteiger partial charge in [-0.1, -0.05) is 25.5 Å². The number of phenolic OH excluding ortho intramolecular Hbond substituents is 1. The molecular formula is C14H15NO3. The summed E-state index contributed by atoms with van der Waals surface area (Å²) in [6.45, 7) is 2.31. The summed E-state index contributed by atoms with van der Waals surface area (Å²) in [5.74, 6) is -0.477. The Morgan fingerprint density at radius 3 is 2.67 bits per heavy atom. The first-order chi connectivity index (χ1) is 8.67. The maximum absolute atomic E-state index is 11.6. The molecule has 0 radical (unpaired) electrons. The fourth-order valence-electron chi connectivity index (χ4n) is 1.26. The van der Waals surface area contributed by atoms with E-state index >= 15 is 0 Å². The number of hydrogen-bond acceptors (Lipinski definition) is 4. The van der Waals surface area contributed by atoms with Crippen LogP contribution in [0.2, 0.25) is 0 Å². The van der Waals surface area contributed by atoms with Gasteiger partial charge in [0.2, 0.25) is 0 Å². The monoisotopic (exact) mass is 245 g/mol. The van der Waals surface area contributed by atoms with Crippen molar-refractivity contribution in [2.75, 3.05) is 6.61 Å². The Morgan fingerprint density at radius 1 is 1.44 bits per heavy atom. The Kier molecular flexibility index (Phi) is 5.46. The summed E-state index contributed by atoms with van der Waals surface area (Å²) < 4.78 is 4.95. The van der Waals surface area contributed by atoms with Crippen molar-refractivity contribution in [2.24, 2.45) is 0 Å². The number of rotatable bonds is 5. The minimum Gasteiger partial charge on any atom is -0.508 e. The van der Waals surface area contributed by atoms with Crippen LogP contribution in [0.4, 0.5) is 0 Å². The first kappa shape index (κ1) is 13.8. The van der Waals surface area contributed by atoms with Gasteiger partial charge in [-0.15, -0.1) is 0 Å². The Labute approximate surface area is 106 Å². The fourth-order valence-corrected chi connectivity index (χ4v) is 1.26. The molecular weight excluding hydrogens is 230 g/mol. The van der Waals surface area contributed by atoms with E-state index in [1.54, 1.807) is 12.1 Å². The minimum atomic E-state index is -0.612. The Hall–Kier alpha value is -2.28. The van der Waals surface area contributed by atoms with Gasteiger partial charge in [0.15, 0.2) is 0 Å². The molecule has 0 unspecified atom stereocenters. The largest absolute Gasteiger partial charge is 0.508 e. The minimum absolute atomic E-state index is 0.0446. The average molecular weight is 245 g/mol. The van der Waals surface area contributed by atoms with Crippen molar-refractivity contribution >= 4 is 12.0 Å². The highest BCUT2D eigenvalue weighted by Gasteiger charge is 2.10. The van der Waals surface area contributed by atoms with E-state index in [9.17, 15) is 4.79 Å². The molecule has 0 atom stereocenters. The third-order valence-electron chi connectivity index (χ3n) is 2.28. The van der Waals surface area contributed by atoms with E-state index in [1.165, 1.54) is 18.2 Å². The quantitative estimate of drug-likeness (QED) is 0.374. The molecule has 0 heterocycles. The molecule has 1 aromatic carbocycles. The number of carbonyl (C=O) groups excluding carboxylic acids is 1. The molecule has 4 heteroatoms. The van der Waals surface area contributed by atoms with Gasteiger partial charge >= 0.3 is 5.97 Å². The predicted molar refractivity (Wildman–Crippen MR) is 67.6 cm³/mol. The Morgan fingerprint density at radius 2 is 2.11 bits per heavy atom. The lowest BCUT2D eigenvalue weighted by atomic mass is 10.1. The van der Waals surface area contributed by atoms with E-state index in [2.05, 4.69) is 0 Å². The lowest BCUT2D eigenvalue weighted by Gasteiger charge is -2.02. The summed E-state index contributed by atoms with van der Waals surface area (Å²) >= 11 is 0. The zero-order valence-electron chi connectivity index (χ0n) is 10.2. The van der Waals surface area contributed by atoms with Crippen LogP contribution >= 0.6 is 0 Å². The highest BCUT2D eigenvalue weighted by Crippen LogP contribution is 2.13. The molecule has 0 amide bonds. The van der Waals surface area contributed by atoms with Crippen LogP contribution in [0, 0.1) is 11.3 Å². The second-order valence-electron chi connectivity index (χ2n) is 3.75. The van der Waals surface area contributed by atoms with E-state index < -0.39 is 5.97 Å². The van der Waals surface area contributed by atoms with E-state index in [4.69, 9.17) is 15.1 Å². The number of phenols is 1. The molecule has 1 rings (SSSR count). The van der Waals surface area contributed by atoms with E-state index in [1.807, 2.05) is 13.0 Å². The van der Waals surface area contributed by atoms with Gasteiger partial charge in [0.25, 0.3) is 0 Å². The van der Waals surface area contributed by atoms with Crippen molar-refractivity contribution in [3.05, 3.63) is 35.4 Å². The number of unbranched alkanes of at least 4 members (excludes halogenated alkanes) is 1. The normalized spacial score (nSPS) is 10.8. The van der Waals surface area contributed by atoms with Crippen LogP contribution in [0.1, 0.15) is 25.3 Å². The van der Waals surface area contributed by atoms with Crippen molar-refractivity contribution < 1.29 is 14.6 Å². The third-order valence-corrected chi connectivity index (χ3v) is 2.28. The maximum atomic E-state index is 11.6. The van der Waals surface area contributed by atoms with Crippen molar-refractivity contribution in [3.63, 3.8) is 0 Å². The standard InChI is InChI=1S/C14H15NO3/c1-2-3-8-18-14(17)12(10-15)9-11-4-6-13(16)7-5-11/h4-7,9,16H,2-3,8H2,1H3/b12-9-. The molecule has 0 aliphatic heterocycles. The molecule has 1 aromatic rings. The van der Waals surface area contributed by atoms with Crippen molar-refractivity contribution in [3.8, 4) is 11.8 Å². The summed E-state index contributed by atoms with van der Waals surface area (Å²) in [5.41, 5.74) is 0.619. The third kappa shape index (κ3) is 4.30. The SMILES string of the molecule is CCCCOC(=O)/C(C#N)=C\c1ccc(O)cc1. The molecule has 4 nitrogen and oxygen atoms in total. The second-order valence-corrected chi connectivity index (χ2v) is 3.75. The van der Waals surface area contributed by atoms with Crippen molar-refractivity contribution in [1.82, 2.24) is 0 Å². The average Bonchev–Trinajstić information content (AvgIpc) is 2.38. The van der Waals surface area contributed by atoms with Gasteiger partial charge in [-0.05, 0) is 30.2 Å². The van der Waals surface area contributed by atoms with E-state index in [0.29, 0.717) is 12.2 Å². The molecule has 0 fully saturated rings. The summed E-state index contributed by atoms with van der Waals surface area (Å²) in [5, 5.41) is 18.0. The van der Waals surface area contributed by atoms with Gasteiger partial charge < -0.3 is 9.84 Å². The van der Waals surface area contributed by atoms with Crippen molar-refractivity contribution in [1.29, 1.82) is 5.26 Å². The molecule has 0 aliphatic rings. The number of carbonyl (C=O) groups is 1. The smallest absolute Gasteiger partial charge is 0.348 e. The van der Waals surface area contributed by atoms with Crippen molar-refractivity contribution in [2.45, 2.75) is 19.8 Å². The summed E-state index contributed by atoms with van der Waals surface area (Å²) in [7, 11) is 0. The topological polar surface area (TPSA) is 70.3 Å². The molecule has 0 aliphatic carbocycles. The van der Waals surface area contributed by atoms with Gasteiger partial charge in [-0.3, -0.25) is 0 Å². The number of ether oxygens (including phenoxy) is 1. The van der Waals surface area contributed by atoms with Gasteiger partial charge in [0, 0.05) is 0 Å². The molecule has 94 valence electrons. The number of nitrogens with zero attached hydrogens (tertiary/aromatic N) is 1. The zero-order valence-corrected chi connectivity index (χ0v) is 10.2. The van der Waals surface area contributed by atoms with Crippen LogP contribution in [0.15, 0.2) is 29.8 Å². The molecule has 0 bridgehead atoms. The summed E-state index contributed by atoms with van der Waals surface area (Å²) in [6.07, 6.45) is 3.15. The van der Waals surface area contributed by atoms with Gasteiger partial charge in [-0.25, -0.2) is 4.79 Å². The van der Waals surface area contributed by atoms with Crippen LogP contribution in [0.25, 0.3) is 6.08 Å². The van der Waals surface area contributed by atoms with Crippen LogP contribution in [0.5, 0.6) is 5.75 Å². The molecule has 1 N–H and O–H groups in total. The Balaban J connectivity index is 2.74.